The number of ether oxygens (including phenoxy) is 1. The van der Waals surface area contributed by atoms with Crippen LogP contribution in [0, 0.1) is 5.92 Å². The van der Waals surface area contributed by atoms with Crippen LogP contribution in [0.3, 0.4) is 0 Å². The van der Waals surface area contributed by atoms with Gasteiger partial charge in [-0.3, -0.25) is 4.79 Å². The topological polar surface area (TPSA) is 58.8 Å². The highest BCUT2D eigenvalue weighted by atomic mass is 16.5. The Morgan fingerprint density at radius 3 is 2.67 bits per heavy atom. The maximum Gasteiger partial charge on any atom is 0.225 e. The summed E-state index contributed by atoms with van der Waals surface area (Å²) in [5, 5.41) is 0. The molecule has 2 fully saturated rings. The Morgan fingerprint density at radius 2 is 1.96 bits per heavy atom. The summed E-state index contributed by atoms with van der Waals surface area (Å²) < 4.78 is 5.74. The van der Waals surface area contributed by atoms with Crippen LogP contribution in [-0.4, -0.2) is 49.6 Å². The number of nitrogens with zero attached hydrogens (tertiary/aromatic N) is 2. The molecule has 5 heteroatoms. The lowest BCUT2D eigenvalue weighted by Gasteiger charge is -2.39. The van der Waals surface area contributed by atoms with Gasteiger partial charge in [0.2, 0.25) is 5.91 Å². The van der Waals surface area contributed by atoms with Crippen molar-refractivity contribution in [3.63, 3.8) is 0 Å². The van der Waals surface area contributed by atoms with E-state index >= 15 is 0 Å². The summed E-state index contributed by atoms with van der Waals surface area (Å²) >= 11 is 0. The lowest BCUT2D eigenvalue weighted by Crippen LogP contribution is -2.51. The third kappa shape index (κ3) is 3.83. The van der Waals surface area contributed by atoms with Gasteiger partial charge in [-0.15, -0.1) is 0 Å². The lowest BCUT2D eigenvalue weighted by molar-refractivity contribution is -0.137. The Bertz CT molecular complexity index is 555. The largest absolute Gasteiger partial charge is 0.492 e. The molecule has 1 aromatic carbocycles. The molecule has 2 N–H and O–H groups in total. The fourth-order valence-electron chi connectivity index (χ4n) is 3.87. The normalized spacial score (nSPS) is 24.8. The van der Waals surface area contributed by atoms with E-state index < -0.39 is 0 Å². The summed E-state index contributed by atoms with van der Waals surface area (Å²) in [6.07, 6.45) is 4.00. The van der Waals surface area contributed by atoms with E-state index in [9.17, 15) is 4.79 Å². The number of para-hydroxylation sites is 2. The van der Waals surface area contributed by atoms with E-state index in [1.165, 1.54) is 0 Å². The zero-order valence-corrected chi connectivity index (χ0v) is 14.6. The van der Waals surface area contributed by atoms with Crippen LogP contribution in [0.25, 0.3) is 0 Å². The fraction of sp³-hybridized carbons (Fsp3) is 0.632. The van der Waals surface area contributed by atoms with E-state index in [0.29, 0.717) is 12.5 Å². The van der Waals surface area contributed by atoms with Gasteiger partial charge in [-0.1, -0.05) is 18.6 Å². The zero-order valence-electron chi connectivity index (χ0n) is 14.6. The maximum atomic E-state index is 12.7. The molecule has 0 aromatic heterocycles. The molecule has 2 atom stereocenters. The molecule has 1 heterocycles. The van der Waals surface area contributed by atoms with Gasteiger partial charge in [-0.2, -0.15) is 0 Å². The molecular weight excluding hydrogens is 302 g/mol. The number of hydrogen-bond donors (Lipinski definition) is 1. The van der Waals surface area contributed by atoms with Crippen LogP contribution in [-0.2, 0) is 4.79 Å². The van der Waals surface area contributed by atoms with Crippen molar-refractivity contribution in [3.05, 3.63) is 24.3 Å². The fourth-order valence-corrected chi connectivity index (χ4v) is 3.87. The van der Waals surface area contributed by atoms with Crippen molar-refractivity contribution >= 4 is 11.6 Å². The Labute approximate surface area is 144 Å². The number of amides is 1. The van der Waals surface area contributed by atoms with Gasteiger partial charge >= 0.3 is 0 Å². The number of rotatable bonds is 4. The summed E-state index contributed by atoms with van der Waals surface area (Å²) in [5.41, 5.74) is 7.17. The Hall–Kier alpha value is -1.75. The highest BCUT2D eigenvalue weighted by Gasteiger charge is 2.31. The summed E-state index contributed by atoms with van der Waals surface area (Å²) in [4.78, 5) is 17.1. The molecule has 3 rings (SSSR count). The third-order valence-corrected chi connectivity index (χ3v) is 5.16. The van der Waals surface area contributed by atoms with E-state index in [-0.39, 0.29) is 12.0 Å². The molecule has 0 bridgehead atoms. The first-order chi connectivity index (χ1) is 11.7. The molecule has 0 radical (unpaired) electrons. The minimum atomic E-state index is 0.135. The van der Waals surface area contributed by atoms with Crippen molar-refractivity contribution in [3.8, 4) is 5.75 Å². The smallest absolute Gasteiger partial charge is 0.225 e. The van der Waals surface area contributed by atoms with E-state index in [1.807, 2.05) is 30.0 Å². The van der Waals surface area contributed by atoms with Gasteiger partial charge in [0.05, 0.1) is 12.3 Å². The second kappa shape index (κ2) is 7.88. The van der Waals surface area contributed by atoms with Crippen LogP contribution in [0.15, 0.2) is 24.3 Å². The number of hydrogen-bond acceptors (Lipinski definition) is 4. The average molecular weight is 331 g/mol. The summed E-state index contributed by atoms with van der Waals surface area (Å²) in [7, 11) is 0. The Morgan fingerprint density at radius 1 is 1.21 bits per heavy atom. The Balaban J connectivity index is 1.59. The van der Waals surface area contributed by atoms with Crippen molar-refractivity contribution in [2.75, 3.05) is 37.7 Å². The second-order valence-corrected chi connectivity index (χ2v) is 6.84. The first-order valence-corrected chi connectivity index (χ1v) is 9.20. The standard InChI is InChI=1S/C19H29N3O2/c1-2-24-18-9-4-3-8-17(18)21-10-12-22(13-11-21)19(23)15-6-5-7-16(20)14-15/h3-4,8-9,15-16H,2,5-7,10-14,20H2,1H3. The van der Waals surface area contributed by atoms with Crippen molar-refractivity contribution in [2.24, 2.45) is 11.7 Å². The second-order valence-electron chi connectivity index (χ2n) is 6.84. The first-order valence-electron chi connectivity index (χ1n) is 9.20. The molecule has 5 nitrogen and oxygen atoms in total. The van der Waals surface area contributed by atoms with Gasteiger partial charge in [0, 0.05) is 38.1 Å². The first kappa shape index (κ1) is 17.1. The molecule has 1 saturated heterocycles. The quantitative estimate of drug-likeness (QED) is 0.919. The highest BCUT2D eigenvalue weighted by molar-refractivity contribution is 5.79. The number of benzene rings is 1. The van der Waals surface area contributed by atoms with Gasteiger partial charge in [-0.05, 0) is 38.3 Å². The number of piperazine rings is 1. The minimum absolute atomic E-state index is 0.135. The van der Waals surface area contributed by atoms with Crippen molar-refractivity contribution in [2.45, 2.75) is 38.6 Å². The van der Waals surface area contributed by atoms with Crippen LogP contribution < -0.4 is 15.4 Å². The molecule has 2 aliphatic rings. The molecule has 1 aromatic rings. The van der Waals surface area contributed by atoms with Gasteiger partial charge in [-0.25, -0.2) is 0 Å². The number of carbonyl (C=O) groups excluding carboxylic acids is 1. The molecule has 0 spiro atoms. The predicted molar refractivity (Wildman–Crippen MR) is 96.3 cm³/mol. The number of carbonyl (C=O) groups is 1. The van der Waals surface area contributed by atoms with E-state index in [1.54, 1.807) is 0 Å². The summed E-state index contributed by atoms with van der Waals surface area (Å²) in [6.45, 7) is 5.94. The molecule has 1 aliphatic carbocycles. The summed E-state index contributed by atoms with van der Waals surface area (Å²) in [6, 6.07) is 8.36. The zero-order chi connectivity index (χ0) is 16.9. The molecule has 132 valence electrons. The van der Waals surface area contributed by atoms with E-state index in [0.717, 1.165) is 63.3 Å². The average Bonchev–Trinajstić information content (AvgIpc) is 2.62. The summed E-state index contributed by atoms with van der Waals surface area (Å²) in [5.74, 6) is 1.37. The maximum absolute atomic E-state index is 12.7. The van der Waals surface area contributed by atoms with Crippen LogP contribution >= 0.6 is 0 Å². The Kier molecular flexibility index (Phi) is 5.61. The molecule has 2 unspecified atom stereocenters. The van der Waals surface area contributed by atoms with E-state index in [4.69, 9.17) is 10.5 Å². The van der Waals surface area contributed by atoms with Gasteiger partial charge < -0.3 is 20.3 Å². The highest BCUT2D eigenvalue weighted by Crippen LogP contribution is 2.30. The van der Waals surface area contributed by atoms with Gasteiger partial charge in [0.25, 0.3) is 0 Å². The van der Waals surface area contributed by atoms with Crippen molar-refractivity contribution in [1.29, 1.82) is 0 Å². The third-order valence-electron chi connectivity index (χ3n) is 5.16. The van der Waals surface area contributed by atoms with Crippen LogP contribution in [0.1, 0.15) is 32.6 Å². The van der Waals surface area contributed by atoms with Crippen LogP contribution in [0.4, 0.5) is 5.69 Å². The number of anilines is 1. The lowest BCUT2D eigenvalue weighted by atomic mass is 9.85. The molecule has 24 heavy (non-hydrogen) atoms. The molecule has 1 aliphatic heterocycles. The molecular formula is C19H29N3O2. The van der Waals surface area contributed by atoms with Gasteiger partial charge in [0.15, 0.2) is 0 Å². The minimum Gasteiger partial charge on any atom is -0.492 e. The van der Waals surface area contributed by atoms with Crippen molar-refractivity contribution in [1.82, 2.24) is 4.90 Å². The predicted octanol–water partition coefficient (Wildman–Crippen LogP) is 2.25. The monoisotopic (exact) mass is 331 g/mol. The molecule has 1 saturated carbocycles. The van der Waals surface area contributed by atoms with Crippen molar-refractivity contribution < 1.29 is 9.53 Å². The SMILES string of the molecule is CCOc1ccccc1N1CCN(C(=O)C2CCCC(N)C2)CC1. The van der Waals surface area contributed by atoms with Crippen LogP contribution in [0.5, 0.6) is 5.75 Å². The van der Waals surface area contributed by atoms with Gasteiger partial charge in [0.1, 0.15) is 5.75 Å². The van der Waals surface area contributed by atoms with Crippen LogP contribution in [0.2, 0.25) is 0 Å². The van der Waals surface area contributed by atoms with E-state index in [2.05, 4.69) is 11.0 Å². The molecule has 1 amide bonds. The number of nitrogens with two attached hydrogens (primary N) is 1.